The summed E-state index contributed by atoms with van der Waals surface area (Å²) in [6.45, 7) is 5.14. The van der Waals surface area contributed by atoms with Gasteiger partial charge in [0.2, 0.25) is 11.8 Å². The summed E-state index contributed by atoms with van der Waals surface area (Å²) in [7, 11) is 0. The molecule has 27 heavy (non-hydrogen) atoms. The van der Waals surface area contributed by atoms with Gasteiger partial charge in [-0.15, -0.1) is 0 Å². The highest BCUT2D eigenvalue weighted by atomic mass is 16.5. The van der Waals surface area contributed by atoms with Crippen LogP contribution in [0.1, 0.15) is 32.3 Å². The van der Waals surface area contributed by atoms with E-state index in [4.69, 9.17) is 4.74 Å². The van der Waals surface area contributed by atoms with E-state index < -0.39 is 6.04 Å². The standard InChI is InChI=1S/C22H28N2O3/c1-15(2)21(22(26)23-14-18-10-6-12-27-18)24-20(25)13-17-9-5-8-16-7-3-4-11-19(16)17/h3-5,7-9,11,15,18,21H,6,10,12-14H2,1-2H3,(H,23,26)(H,24,25)/t18-,21-/m1/s1. The minimum Gasteiger partial charge on any atom is -0.376 e. The van der Waals surface area contributed by atoms with Crippen molar-refractivity contribution in [1.29, 1.82) is 0 Å². The van der Waals surface area contributed by atoms with Gasteiger partial charge in [-0.1, -0.05) is 56.3 Å². The lowest BCUT2D eigenvalue weighted by molar-refractivity contribution is -0.130. The molecule has 5 nitrogen and oxygen atoms in total. The van der Waals surface area contributed by atoms with Crippen LogP contribution < -0.4 is 10.6 Å². The molecular weight excluding hydrogens is 340 g/mol. The second-order valence-corrected chi connectivity index (χ2v) is 7.48. The van der Waals surface area contributed by atoms with Crippen molar-refractivity contribution in [3.8, 4) is 0 Å². The third-order valence-electron chi connectivity index (χ3n) is 5.02. The molecule has 0 bridgehead atoms. The van der Waals surface area contributed by atoms with E-state index in [9.17, 15) is 9.59 Å². The predicted octanol–water partition coefficient (Wildman–Crippen LogP) is 2.82. The fourth-order valence-corrected chi connectivity index (χ4v) is 3.51. The largest absolute Gasteiger partial charge is 0.376 e. The lowest BCUT2D eigenvalue weighted by Crippen LogP contribution is -2.51. The molecule has 2 amide bonds. The van der Waals surface area contributed by atoms with Gasteiger partial charge in [-0.3, -0.25) is 9.59 Å². The Kier molecular flexibility index (Phi) is 6.45. The van der Waals surface area contributed by atoms with Crippen molar-refractivity contribution in [3.63, 3.8) is 0 Å². The first-order valence-corrected chi connectivity index (χ1v) is 9.70. The number of rotatable bonds is 7. The van der Waals surface area contributed by atoms with E-state index in [2.05, 4.69) is 10.6 Å². The van der Waals surface area contributed by atoms with Crippen LogP contribution in [0.2, 0.25) is 0 Å². The Morgan fingerprint density at radius 1 is 1.15 bits per heavy atom. The quantitative estimate of drug-likeness (QED) is 0.790. The first-order chi connectivity index (χ1) is 13.0. The molecule has 0 saturated carbocycles. The maximum atomic E-state index is 12.6. The van der Waals surface area contributed by atoms with E-state index in [1.165, 1.54) is 0 Å². The summed E-state index contributed by atoms with van der Waals surface area (Å²) < 4.78 is 5.54. The van der Waals surface area contributed by atoms with Crippen LogP contribution in [0, 0.1) is 5.92 Å². The van der Waals surface area contributed by atoms with Gasteiger partial charge in [0.25, 0.3) is 0 Å². The number of ether oxygens (including phenoxy) is 1. The number of hydrogen-bond acceptors (Lipinski definition) is 3. The molecule has 2 aromatic rings. The van der Waals surface area contributed by atoms with E-state index in [1.54, 1.807) is 0 Å². The van der Waals surface area contributed by atoms with E-state index >= 15 is 0 Å². The zero-order valence-electron chi connectivity index (χ0n) is 16.0. The SMILES string of the molecule is CC(C)[C@@H](NC(=O)Cc1cccc2ccccc12)C(=O)NC[C@H]1CCCO1. The molecule has 1 fully saturated rings. The van der Waals surface area contributed by atoms with E-state index in [0.29, 0.717) is 6.54 Å². The van der Waals surface area contributed by atoms with Crippen LogP contribution in [-0.2, 0) is 20.7 Å². The molecule has 2 atom stereocenters. The number of carbonyl (C=O) groups is 2. The summed E-state index contributed by atoms with van der Waals surface area (Å²) in [4.78, 5) is 25.2. The average Bonchev–Trinajstić information content (AvgIpc) is 3.18. The van der Waals surface area contributed by atoms with E-state index in [0.717, 1.165) is 35.8 Å². The molecule has 0 aliphatic carbocycles. The number of carbonyl (C=O) groups excluding carboxylic acids is 2. The van der Waals surface area contributed by atoms with Gasteiger partial charge in [-0.25, -0.2) is 0 Å². The average molecular weight is 368 g/mol. The number of nitrogens with one attached hydrogen (secondary N) is 2. The molecule has 1 aliphatic rings. The maximum Gasteiger partial charge on any atom is 0.242 e. The molecule has 1 aliphatic heterocycles. The van der Waals surface area contributed by atoms with Crippen molar-refractivity contribution in [2.24, 2.45) is 5.92 Å². The molecule has 0 aromatic heterocycles. The summed E-state index contributed by atoms with van der Waals surface area (Å²) in [5, 5.41) is 8.02. The van der Waals surface area contributed by atoms with Gasteiger partial charge in [-0.05, 0) is 35.1 Å². The highest BCUT2D eigenvalue weighted by Gasteiger charge is 2.25. The molecule has 0 spiro atoms. The van der Waals surface area contributed by atoms with Crippen LogP contribution in [0.5, 0.6) is 0 Å². The van der Waals surface area contributed by atoms with Gasteiger partial charge in [0.15, 0.2) is 0 Å². The first kappa shape index (κ1) is 19.4. The van der Waals surface area contributed by atoms with Crippen LogP contribution in [0.25, 0.3) is 10.8 Å². The first-order valence-electron chi connectivity index (χ1n) is 9.70. The Morgan fingerprint density at radius 3 is 2.67 bits per heavy atom. The summed E-state index contributed by atoms with van der Waals surface area (Å²) in [6.07, 6.45) is 2.35. The van der Waals surface area contributed by atoms with Gasteiger partial charge < -0.3 is 15.4 Å². The number of hydrogen-bond donors (Lipinski definition) is 2. The number of benzene rings is 2. The topological polar surface area (TPSA) is 67.4 Å². The lowest BCUT2D eigenvalue weighted by atomic mass is 10.00. The highest BCUT2D eigenvalue weighted by Crippen LogP contribution is 2.19. The Bertz CT molecular complexity index is 792. The minimum atomic E-state index is -0.547. The third kappa shape index (κ3) is 5.07. The Morgan fingerprint density at radius 2 is 1.93 bits per heavy atom. The van der Waals surface area contributed by atoms with Gasteiger partial charge in [0, 0.05) is 13.2 Å². The van der Waals surface area contributed by atoms with Gasteiger partial charge in [0.05, 0.1) is 12.5 Å². The summed E-state index contributed by atoms with van der Waals surface area (Å²) in [5.41, 5.74) is 0.966. The van der Waals surface area contributed by atoms with Crippen LogP contribution in [-0.4, -0.2) is 37.1 Å². The molecule has 2 N–H and O–H groups in total. The van der Waals surface area contributed by atoms with Crippen molar-refractivity contribution in [2.45, 2.75) is 45.3 Å². The molecule has 1 saturated heterocycles. The fourth-order valence-electron chi connectivity index (χ4n) is 3.51. The molecule has 2 aromatic carbocycles. The molecule has 144 valence electrons. The van der Waals surface area contributed by atoms with Crippen LogP contribution in [0.3, 0.4) is 0 Å². The van der Waals surface area contributed by atoms with Gasteiger partial charge in [0.1, 0.15) is 6.04 Å². The molecule has 5 heteroatoms. The van der Waals surface area contributed by atoms with Crippen LogP contribution in [0.15, 0.2) is 42.5 Å². The van der Waals surface area contributed by atoms with Crippen molar-refractivity contribution in [2.75, 3.05) is 13.2 Å². The lowest BCUT2D eigenvalue weighted by Gasteiger charge is -2.23. The summed E-state index contributed by atoms with van der Waals surface area (Å²) in [5.74, 6) is -0.282. The molecule has 0 radical (unpaired) electrons. The fraction of sp³-hybridized carbons (Fsp3) is 0.455. The highest BCUT2D eigenvalue weighted by molar-refractivity contribution is 5.92. The second-order valence-electron chi connectivity index (χ2n) is 7.48. The van der Waals surface area contributed by atoms with Crippen LogP contribution in [0.4, 0.5) is 0 Å². The van der Waals surface area contributed by atoms with Gasteiger partial charge in [-0.2, -0.15) is 0 Å². The number of fused-ring (bicyclic) bond motifs is 1. The Balaban J connectivity index is 1.61. The smallest absolute Gasteiger partial charge is 0.242 e. The van der Waals surface area contributed by atoms with E-state index in [1.807, 2.05) is 56.3 Å². The number of amides is 2. The minimum absolute atomic E-state index is 0.00552. The van der Waals surface area contributed by atoms with E-state index in [-0.39, 0.29) is 30.3 Å². The third-order valence-corrected chi connectivity index (χ3v) is 5.02. The second kappa shape index (κ2) is 9.00. The Hall–Kier alpha value is -2.40. The maximum absolute atomic E-state index is 12.6. The van der Waals surface area contributed by atoms with Crippen LogP contribution >= 0.6 is 0 Å². The zero-order chi connectivity index (χ0) is 19.2. The molecule has 3 rings (SSSR count). The molecule has 0 unspecified atom stereocenters. The van der Waals surface area contributed by atoms with Gasteiger partial charge >= 0.3 is 0 Å². The monoisotopic (exact) mass is 368 g/mol. The molecular formula is C22H28N2O3. The zero-order valence-corrected chi connectivity index (χ0v) is 16.0. The summed E-state index contributed by atoms with van der Waals surface area (Å²) in [6, 6.07) is 13.4. The molecule has 1 heterocycles. The summed E-state index contributed by atoms with van der Waals surface area (Å²) >= 11 is 0. The van der Waals surface area contributed by atoms with Crippen molar-refractivity contribution in [1.82, 2.24) is 10.6 Å². The Labute approximate surface area is 160 Å². The predicted molar refractivity (Wildman–Crippen MR) is 106 cm³/mol. The normalized spacial score (nSPS) is 17.8. The van der Waals surface area contributed by atoms with Crippen molar-refractivity contribution in [3.05, 3.63) is 48.0 Å². The van der Waals surface area contributed by atoms with Crippen molar-refractivity contribution >= 4 is 22.6 Å². The van der Waals surface area contributed by atoms with Crippen molar-refractivity contribution < 1.29 is 14.3 Å².